The Bertz CT molecular complexity index is 673. The van der Waals surface area contributed by atoms with Crippen LogP contribution in [0.5, 0.6) is 11.5 Å². The van der Waals surface area contributed by atoms with E-state index in [2.05, 4.69) is 6.92 Å². The van der Waals surface area contributed by atoms with Gasteiger partial charge in [-0.05, 0) is 30.9 Å². The van der Waals surface area contributed by atoms with Gasteiger partial charge in [0.2, 0.25) is 0 Å². The molecule has 1 heterocycles. The average molecular weight is 275 g/mol. The Morgan fingerprint density at radius 3 is 2.35 bits per heavy atom. The van der Waals surface area contributed by atoms with E-state index in [9.17, 15) is 4.79 Å². The van der Waals surface area contributed by atoms with Crippen molar-refractivity contribution in [1.29, 1.82) is 0 Å². The second-order valence-electron chi connectivity index (χ2n) is 4.87. The van der Waals surface area contributed by atoms with E-state index in [0.717, 1.165) is 35.9 Å². The molecule has 1 aromatic heterocycles. The maximum Gasteiger partial charge on any atom is 0.251 e. The van der Waals surface area contributed by atoms with Gasteiger partial charge in [0.1, 0.15) is 0 Å². The predicted molar refractivity (Wildman–Crippen MR) is 81.0 cm³/mol. The van der Waals surface area contributed by atoms with Crippen molar-refractivity contribution >= 4 is 10.8 Å². The van der Waals surface area contributed by atoms with Gasteiger partial charge in [0.05, 0.1) is 14.2 Å². The van der Waals surface area contributed by atoms with Crippen molar-refractivity contribution in [1.82, 2.24) is 4.57 Å². The molecule has 20 heavy (non-hydrogen) atoms. The Hall–Kier alpha value is -1.97. The van der Waals surface area contributed by atoms with Crippen molar-refractivity contribution in [2.45, 2.75) is 33.2 Å². The molecule has 0 saturated heterocycles. The van der Waals surface area contributed by atoms with Gasteiger partial charge in [0.15, 0.2) is 11.5 Å². The van der Waals surface area contributed by atoms with Crippen LogP contribution in [0.15, 0.2) is 23.0 Å². The molecule has 0 spiro atoms. The number of fused-ring (bicyclic) bond motifs is 1. The first-order chi connectivity index (χ1) is 9.62. The Balaban J connectivity index is 2.68. The maximum absolute atomic E-state index is 12.2. The topological polar surface area (TPSA) is 40.5 Å². The fourth-order valence-corrected chi connectivity index (χ4v) is 2.44. The van der Waals surface area contributed by atoms with Gasteiger partial charge < -0.3 is 14.0 Å². The van der Waals surface area contributed by atoms with E-state index in [1.807, 2.05) is 23.6 Å². The molecule has 1 aromatic carbocycles. The lowest BCUT2D eigenvalue weighted by molar-refractivity contribution is 0.356. The van der Waals surface area contributed by atoms with E-state index >= 15 is 0 Å². The van der Waals surface area contributed by atoms with Crippen LogP contribution in [0, 0.1) is 6.92 Å². The van der Waals surface area contributed by atoms with E-state index in [4.69, 9.17) is 9.47 Å². The van der Waals surface area contributed by atoms with E-state index in [-0.39, 0.29) is 5.56 Å². The summed E-state index contributed by atoms with van der Waals surface area (Å²) in [6, 6.07) is 5.46. The van der Waals surface area contributed by atoms with Crippen LogP contribution in [0.25, 0.3) is 10.8 Å². The van der Waals surface area contributed by atoms with Gasteiger partial charge in [-0.15, -0.1) is 0 Å². The van der Waals surface area contributed by atoms with E-state index < -0.39 is 0 Å². The number of nitrogens with zero attached hydrogens (tertiary/aromatic N) is 1. The zero-order chi connectivity index (χ0) is 14.7. The molecule has 4 nitrogen and oxygen atoms in total. The minimum Gasteiger partial charge on any atom is -0.493 e. The molecule has 0 saturated carbocycles. The molecule has 108 valence electrons. The lowest BCUT2D eigenvalue weighted by atomic mass is 10.1. The summed E-state index contributed by atoms with van der Waals surface area (Å²) < 4.78 is 12.5. The van der Waals surface area contributed by atoms with Crippen molar-refractivity contribution in [3.8, 4) is 11.5 Å². The fourth-order valence-electron chi connectivity index (χ4n) is 2.44. The van der Waals surface area contributed by atoms with Crippen molar-refractivity contribution in [2.75, 3.05) is 14.2 Å². The first kappa shape index (κ1) is 14.4. The lowest BCUT2D eigenvalue weighted by Crippen LogP contribution is -2.21. The molecule has 0 aliphatic heterocycles. The molecule has 4 heteroatoms. The molecular weight excluding hydrogens is 254 g/mol. The summed E-state index contributed by atoms with van der Waals surface area (Å²) in [4.78, 5) is 12.2. The van der Waals surface area contributed by atoms with Crippen LogP contribution < -0.4 is 15.0 Å². The molecule has 0 atom stereocenters. The largest absolute Gasteiger partial charge is 0.493 e. The highest BCUT2D eigenvalue weighted by molar-refractivity contribution is 5.87. The maximum atomic E-state index is 12.2. The third-order valence-electron chi connectivity index (χ3n) is 3.63. The number of benzene rings is 1. The third kappa shape index (κ3) is 2.50. The minimum atomic E-state index is 0.0377. The van der Waals surface area contributed by atoms with E-state index in [0.29, 0.717) is 11.5 Å². The normalized spacial score (nSPS) is 10.8. The molecule has 0 radical (unpaired) electrons. The van der Waals surface area contributed by atoms with Crippen molar-refractivity contribution in [2.24, 2.45) is 0 Å². The number of aromatic nitrogens is 1. The van der Waals surface area contributed by atoms with E-state index in [1.165, 1.54) is 0 Å². The molecule has 0 bridgehead atoms. The van der Waals surface area contributed by atoms with Crippen LogP contribution in [-0.2, 0) is 6.54 Å². The molecule has 0 fully saturated rings. The number of hydrogen-bond acceptors (Lipinski definition) is 3. The Labute approximate surface area is 118 Å². The van der Waals surface area contributed by atoms with Crippen LogP contribution in [0.2, 0.25) is 0 Å². The first-order valence-corrected chi connectivity index (χ1v) is 6.88. The molecule has 0 aliphatic rings. The molecular formula is C16H21NO3. The highest BCUT2D eigenvalue weighted by Gasteiger charge is 2.11. The van der Waals surface area contributed by atoms with E-state index in [1.54, 1.807) is 20.3 Å². The summed E-state index contributed by atoms with van der Waals surface area (Å²) in [5.41, 5.74) is 1.01. The van der Waals surface area contributed by atoms with Gasteiger partial charge in [-0.2, -0.15) is 0 Å². The molecule has 0 N–H and O–H groups in total. The summed E-state index contributed by atoms with van der Waals surface area (Å²) in [5, 5.41) is 1.91. The number of aryl methyl sites for hydroxylation is 1. The summed E-state index contributed by atoms with van der Waals surface area (Å²) >= 11 is 0. The van der Waals surface area contributed by atoms with Crippen LogP contribution >= 0.6 is 0 Å². The number of rotatable bonds is 5. The van der Waals surface area contributed by atoms with Gasteiger partial charge in [0, 0.05) is 23.7 Å². The quantitative estimate of drug-likeness (QED) is 0.841. The van der Waals surface area contributed by atoms with Crippen LogP contribution in [-0.4, -0.2) is 18.8 Å². The third-order valence-corrected chi connectivity index (χ3v) is 3.63. The second-order valence-corrected chi connectivity index (χ2v) is 4.87. The molecule has 0 amide bonds. The average Bonchev–Trinajstić information content (AvgIpc) is 2.46. The number of ether oxygens (including phenoxy) is 2. The number of unbranched alkanes of at least 4 members (excludes halogenated alkanes) is 1. The molecule has 2 aromatic rings. The highest BCUT2D eigenvalue weighted by Crippen LogP contribution is 2.32. The lowest BCUT2D eigenvalue weighted by Gasteiger charge is -2.14. The Kier molecular flexibility index (Phi) is 4.32. The van der Waals surface area contributed by atoms with Crippen LogP contribution in [0.3, 0.4) is 0 Å². The van der Waals surface area contributed by atoms with Gasteiger partial charge in [0.25, 0.3) is 5.56 Å². The van der Waals surface area contributed by atoms with Gasteiger partial charge in [-0.1, -0.05) is 13.3 Å². The predicted octanol–water partition coefficient (Wildman–Crippen LogP) is 3.13. The molecule has 0 unspecified atom stereocenters. The Morgan fingerprint density at radius 2 is 1.75 bits per heavy atom. The van der Waals surface area contributed by atoms with Crippen molar-refractivity contribution in [3.63, 3.8) is 0 Å². The summed E-state index contributed by atoms with van der Waals surface area (Å²) in [5.74, 6) is 1.33. The smallest absolute Gasteiger partial charge is 0.251 e. The monoisotopic (exact) mass is 275 g/mol. The fraction of sp³-hybridized carbons (Fsp3) is 0.438. The van der Waals surface area contributed by atoms with Crippen LogP contribution in [0.4, 0.5) is 0 Å². The highest BCUT2D eigenvalue weighted by atomic mass is 16.5. The van der Waals surface area contributed by atoms with Crippen molar-refractivity contribution < 1.29 is 9.47 Å². The summed E-state index contributed by atoms with van der Waals surface area (Å²) in [6.07, 6.45) is 2.06. The summed E-state index contributed by atoms with van der Waals surface area (Å²) in [6.45, 7) is 4.85. The zero-order valence-corrected chi connectivity index (χ0v) is 12.5. The van der Waals surface area contributed by atoms with Gasteiger partial charge in [-0.25, -0.2) is 0 Å². The molecule has 0 aliphatic carbocycles. The number of pyridine rings is 1. The second kappa shape index (κ2) is 5.99. The Morgan fingerprint density at radius 1 is 1.10 bits per heavy atom. The SMILES string of the molecule is CCCCn1c(C)c2cc(OC)c(OC)cc2cc1=O. The van der Waals surface area contributed by atoms with Gasteiger partial charge >= 0.3 is 0 Å². The van der Waals surface area contributed by atoms with Crippen LogP contribution in [0.1, 0.15) is 25.5 Å². The van der Waals surface area contributed by atoms with Gasteiger partial charge in [-0.3, -0.25) is 4.79 Å². The minimum absolute atomic E-state index is 0.0377. The first-order valence-electron chi connectivity index (χ1n) is 6.88. The number of methoxy groups -OCH3 is 2. The summed E-state index contributed by atoms with van der Waals surface area (Å²) in [7, 11) is 3.21. The molecule has 2 rings (SSSR count). The van der Waals surface area contributed by atoms with Crippen molar-refractivity contribution in [3.05, 3.63) is 34.2 Å². The zero-order valence-electron chi connectivity index (χ0n) is 12.5. The standard InChI is InChI=1S/C16H21NO3/c1-5-6-7-17-11(2)13-10-15(20-4)14(19-3)8-12(13)9-16(17)18/h8-10H,5-7H2,1-4H3. The number of hydrogen-bond donors (Lipinski definition) is 0.